The lowest BCUT2D eigenvalue weighted by Crippen LogP contribution is -2.36. The molecule has 3 aromatic rings. The number of aromatic nitrogens is 1. The van der Waals surface area contributed by atoms with Crippen molar-refractivity contribution in [2.24, 2.45) is 0 Å². The summed E-state index contributed by atoms with van der Waals surface area (Å²) in [5.41, 5.74) is 0.568. The highest BCUT2D eigenvalue weighted by Gasteiger charge is 2.22. The SMILES string of the molecule is COC(=O)c1cc(-c2cccn2C(=O)O)c2oc(N3CCOCC3)cc(=O)c2c1. The van der Waals surface area contributed by atoms with Crippen molar-refractivity contribution < 1.29 is 28.6 Å². The molecule has 1 saturated heterocycles. The van der Waals surface area contributed by atoms with Crippen LogP contribution in [0.4, 0.5) is 10.7 Å². The number of anilines is 1. The summed E-state index contributed by atoms with van der Waals surface area (Å²) in [5.74, 6) is -0.274. The minimum atomic E-state index is -1.20. The molecule has 0 bridgehead atoms. The van der Waals surface area contributed by atoms with E-state index in [1.165, 1.54) is 31.5 Å². The van der Waals surface area contributed by atoms with Crippen molar-refractivity contribution >= 4 is 28.9 Å². The van der Waals surface area contributed by atoms with Crippen LogP contribution in [-0.2, 0) is 9.47 Å². The average Bonchev–Trinajstić information content (AvgIpc) is 3.23. The first kappa shape index (κ1) is 18.8. The Hall–Kier alpha value is -3.59. The van der Waals surface area contributed by atoms with Gasteiger partial charge in [-0.25, -0.2) is 9.59 Å². The van der Waals surface area contributed by atoms with Crippen LogP contribution in [0.15, 0.2) is 45.7 Å². The molecule has 4 rings (SSSR count). The summed E-state index contributed by atoms with van der Waals surface area (Å²) in [4.78, 5) is 38.5. The minimum absolute atomic E-state index is 0.125. The van der Waals surface area contributed by atoms with Crippen LogP contribution in [-0.4, -0.2) is 55.1 Å². The third-order valence-corrected chi connectivity index (χ3v) is 4.79. The molecule has 0 spiro atoms. The van der Waals surface area contributed by atoms with E-state index < -0.39 is 12.1 Å². The van der Waals surface area contributed by atoms with E-state index in [4.69, 9.17) is 13.9 Å². The minimum Gasteiger partial charge on any atom is -0.465 e. The van der Waals surface area contributed by atoms with Gasteiger partial charge in [0.25, 0.3) is 0 Å². The van der Waals surface area contributed by atoms with Crippen LogP contribution in [0.25, 0.3) is 22.2 Å². The summed E-state index contributed by atoms with van der Waals surface area (Å²) < 4.78 is 17.2. The summed E-state index contributed by atoms with van der Waals surface area (Å²) >= 11 is 0. The van der Waals surface area contributed by atoms with Crippen molar-refractivity contribution in [1.29, 1.82) is 0 Å². The standard InChI is InChI=1S/C20H18N2O7/c1-27-19(24)12-9-13(15-3-2-4-22(15)20(25)26)18-14(10-12)16(23)11-17(29-18)21-5-7-28-8-6-21/h2-4,9-11H,5-8H2,1H3,(H,25,26). The number of hydrogen-bond donors (Lipinski definition) is 1. The van der Waals surface area contributed by atoms with Crippen molar-refractivity contribution in [1.82, 2.24) is 4.57 Å². The fourth-order valence-corrected chi connectivity index (χ4v) is 3.38. The number of esters is 1. The molecular formula is C20H18N2O7. The van der Waals surface area contributed by atoms with E-state index in [9.17, 15) is 19.5 Å². The van der Waals surface area contributed by atoms with Gasteiger partial charge in [0.05, 0.1) is 37.0 Å². The van der Waals surface area contributed by atoms with E-state index in [0.717, 1.165) is 4.57 Å². The molecule has 2 aromatic heterocycles. The third kappa shape index (κ3) is 3.36. The van der Waals surface area contributed by atoms with E-state index in [1.807, 2.05) is 4.90 Å². The van der Waals surface area contributed by atoms with Crippen LogP contribution in [0.1, 0.15) is 10.4 Å². The normalized spacial score (nSPS) is 14.2. The van der Waals surface area contributed by atoms with Crippen LogP contribution in [0, 0.1) is 0 Å². The predicted molar refractivity (Wildman–Crippen MR) is 104 cm³/mol. The Balaban J connectivity index is 2.00. The zero-order chi connectivity index (χ0) is 20.5. The largest absolute Gasteiger partial charge is 0.465 e. The summed E-state index contributed by atoms with van der Waals surface area (Å²) in [6.45, 7) is 2.15. The first-order chi connectivity index (χ1) is 14.0. The molecule has 1 fully saturated rings. The number of carbonyl (C=O) groups is 2. The molecule has 9 nitrogen and oxygen atoms in total. The lowest BCUT2D eigenvalue weighted by molar-refractivity contribution is 0.0601. The Bertz CT molecular complexity index is 1160. The van der Waals surface area contributed by atoms with Crippen LogP contribution < -0.4 is 10.3 Å². The summed E-state index contributed by atoms with van der Waals surface area (Å²) in [6.07, 6.45) is 0.173. The van der Waals surface area contributed by atoms with Crippen molar-refractivity contribution in [3.8, 4) is 11.3 Å². The summed E-state index contributed by atoms with van der Waals surface area (Å²) in [5, 5.41) is 9.65. The first-order valence-corrected chi connectivity index (χ1v) is 8.93. The number of methoxy groups -OCH3 is 1. The maximum absolute atomic E-state index is 12.9. The Kier molecular flexibility index (Phi) is 4.81. The molecule has 1 aromatic carbocycles. The Morgan fingerprint density at radius 1 is 1.17 bits per heavy atom. The number of fused-ring (bicyclic) bond motifs is 1. The summed E-state index contributed by atoms with van der Waals surface area (Å²) in [6, 6.07) is 7.37. The van der Waals surface area contributed by atoms with Crippen LogP contribution >= 0.6 is 0 Å². The maximum Gasteiger partial charge on any atom is 0.416 e. The smallest absolute Gasteiger partial charge is 0.416 e. The molecule has 1 aliphatic heterocycles. The van der Waals surface area contributed by atoms with Gasteiger partial charge in [-0.3, -0.25) is 9.36 Å². The molecule has 1 aliphatic rings. The number of benzene rings is 1. The van der Waals surface area contributed by atoms with Gasteiger partial charge in [-0.2, -0.15) is 0 Å². The zero-order valence-corrected chi connectivity index (χ0v) is 15.6. The van der Waals surface area contributed by atoms with Gasteiger partial charge in [-0.15, -0.1) is 0 Å². The van der Waals surface area contributed by atoms with E-state index in [-0.39, 0.29) is 27.7 Å². The molecule has 0 unspecified atom stereocenters. The van der Waals surface area contributed by atoms with Crippen LogP contribution in [0.2, 0.25) is 0 Å². The van der Waals surface area contributed by atoms with Crippen LogP contribution in [0.3, 0.4) is 0 Å². The van der Waals surface area contributed by atoms with E-state index in [2.05, 4.69) is 0 Å². The lowest BCUT2D eigenvalue weighted by atomic mass is 10.0. The molecule has 3 heterocycles. The van der Waals surface area contributed by atoms with Gasteiger partial charge >= 0.3 is 12.1 Å². The third-order valence-electron chi connectivity index (χ3n) is 4.79. The van der Waals surface area contributed by atoms with Crippen LogP contribution in [0.5, 0.6) is 0 Å². The zero-order valence-electron chi connectivity index (χ0n) is 15.6. The van der Waals surface area contributed by atoms with E-state index >= 15 is 0 Å². The number of nitrogens with zero attached hydrogens (tertiary/aromatic N) is 2. The van der Waals surface area contributed by atoms with Crippen molar-refractivity contribution in [2.45, 2.75) is 0 Å². The van der Waals surface area contributed by atoms with Crippen molar-refractivity contribution in [2.75, 3.05) is 38.3 Å². The molecule has 150 valence electrons. The second kappa shape index (κ2) is 7.44. The molecule has 29 heavy (non-hydrogen) atoms. The number of carbonyl (C=O) groups excluding carboxylic acids is 1. The molecule has 1 N–H and O–H groups in total. The number of hydrogen-bond acceptors (Lipinski definition) is 7. The van der Waals surface area contributed by atoms with Gasteiger partial charge < -0.3 is 23.9 Å². The fraction of sp³-hybridized carbons (Fsp3) is 0.250. The highest BCUT2D eigenvalue weighted by atomic mass is 16.5. The highest BCUT2D eigenvalue weighted by Crippen LogP contribution is 2.32. The molecule has 0 aliphatic carbocycles. The van der Waals surface area contributed by atoms with Crippen molar-refractivity contribution in [3.63, 3.8) is 0 Å². The molecular weight excluding hydrogens is 380 g/mol. The quantitative estimate of drug-likeness (QED) is 0.670. The summed E-state index contributed by atoms with van der Waals surface area (Å²) in [7, 11) is 1.23. The van der Waals surface area contributed by atoms with Gasteiger partial charge in [-0.1, -0.05) is 0 Å². The highest BCUT2D eigenvalue weighted by molar-refractivity contribution is 6.01. The topological polar surface area (TPSA) is 111 Å². The predicted octanol–water partition coefficient (Wildman–Crippen LogP) is 2.41. The molecule has 0 radical (unpaired) electrons. The fourth-order valence-electron chi connectivity index (χ4n) is 3.38. The molecule has 0 amide bonds. The first-order valence-electron chi connectivity index (χ1n) is 8.93. The monoisotopic (exact) mass is 398 g/mol. The lowest BCUT2D eigenvalue weighted by Gasteiger charge is -2.27. The maximum atomic E-state index is 12.9. The van der Waals surface area contributed by atoms with Gasteiger partial charge in [0.2, 0.25) is 0 Å². The van der Waals surface area contributed by atoms with Gasteiger partial charge in [0, 0.05) is 30.9 Å². The molecule has 0 saturated carbocycles. The van der Waals surface area contributed by atoms with Crippen molar-refractivity contribution in [3.05, 3.63) is 52.3 Å². The Morgan fingerprint density at radius 2 is 1.93 bits per heavy atom. The number of morpholine rings is 1. The second-order valence-corrected chi connectivity index (χ2v) is 6.49. The van der Waals surface area contributed by atoms with Gasteiger partial charge in [-0.05, 0) is 24.3 Å². The number of ether oxygens (including phenoxy) is 2. The number of rotatable bonds is 3. The molecule has 0 atom stereocenters. The van der Waals surface area contributed by atoms with Gasteiger partial charge in [0.15, 0.2) is 11.3 Å². The second-order valence-electron chi connectivity index (χ2n) is 6.49. The van der Waals surface area contributed by atoms with E-state index in [0.29, 0.717) is 37.8 Å². The average molecular weight is 398 g/mol. The van der Waals surface area contributed by atoms with E-state index in [1.54, 1.807) is 12.1 Å². The number of carboxylic acid groups (broad SMARTS) is 1. The van der Waals surface area contributed by atoms with Gasteiger partial charge in [0.1, 0.15) is 5.58 Å². The Morgan fingerprint density at radius 3 is 2.62 bits per heavy atom. The molecule has 9 heteroatoms. The Labute approximate surface area is 164 Å².